The number of hydrogen-bond donors (Lipinski definition) is 1. The van der Waals surface area contributed by atoms with Gasteiger partial charge in [0, 0.05) is 6.07 Å². The molecule has 10 heteroatoms. The lowest BCUT2D eigenvalue weighted by Gasteiger charge is -2.14. The number of nitro benzene ring substituents is 1. The van der Waals surface area contributed by atoms with Gasteiger partial charge in [-0.15, -0.1) is 0 Å². The molecule has 0 aliphatic heterocycles. The van der Waals surface area contributed by atoms with Crippen molar-refractivity contribution in [1.29, 1.82) is 0 Å². The van der Waals surface area contributed by atoms with E-state index in [1.807, 2.05) is 0 Å². The minimum atomic E-state index is -1.14. The summed E-state index contributed by atoms with van der Waals surface area (Å²) in [6, 6.07) is 12.4. The number of esters is 1. The molecule has 3 aromatic rings. The Bertz CT molecular complexity index is 1020. The molecule has 1 N–H and O–H groups in total. The van der Waals surface area contributed by atoms with Gasteiger partial charge >= 0.3 is 5.97 Å². The highest BCUT2D eigenvalue weighted by molar-refractivity contribution is 5.98. The molecule has 29 heavy (non-hydrogen) atoms. The van der Waals surface area contributed by atoms with Crippen LogP contribution in [0, 0.1) is 10.1 Å². The number of anilines is 1. The number of para-hydroxylation sites is 2. The van der Waals surface area contributed by atoms with E-state index in [9.17, 15) is 19.7 Å². The summed E-state index contributed by atoms with van der Waals surface area (Å²) in [5.74, 6) is -1.35. The highest BCUT2D eigenvalue weighted by Crippen LogP contribution is 2.23. The van der Waals surface area contributed by atoms with E-state index in [2.05, 4.69) is 15.4 Å². The average Bonchev–Trinajstić information content (AvgIpc) is 3.21. The molecule has 148 valence electrons. The number of benzene rings is 2. The van der Waals surface area contributed by atoms with Crippen LogP contribution in [0.2, 0.25) is 0 Å². The van der Waals surface area contributed by atoms with Crippen molar-refractivity contribution >= 4 is 23.3 Å². The van der Waals surface area contributed by atoms with Gasteiger partial charge in [0.25, 0.3) is 11.6 Å². The van der Waals surface area contributed by atoms with Gasteiger partial charge in [0.2, 0.25) is 0 Å². The Balaban J connectivity index is 1.60. The number of hydrogen-bond acceptors (Lipinski definition) is 7. The molecule has 0 aliphatic carbocycles. The van der Waals surface area contributed by atoms with Crippen molar-refractivity contribution in [1.82, 2.24) is 14.8 Å². The topological polar surface area (TPSA) is 129 Å². The van der Waals surface area contributed by atoms with E-state index in [1.54, 1.807) is 41.3 Å². The van der Waals surface area contributed by atoms with Gasteiger partial charge in [-0.25, -0.2) is 14.5 Å². The quantitative estimate of drug-likeness (QED) is 0.369. The zero-order chi connectivity index (χ0) is 20.8. The smallest absolute Gasteiger partial charge is 0.338 e. The van der Waals surface area contributed by atoms with E-state index >= 15 is 0 Å². The first-order valence-electron chi connectivity index (χ1n) is 8.60. The molecule has 0 bridgehead atoms. The standard InChI is InChI=1S/C19H17N5O5/c1-13(18(25)22-16-4-2-3-5-17(16)24(27)28)29-19(26)15-8-6-14(7-9-15)10-23-12-20-11-21-23/h2-9,11-13H,10H2,1H3,(H,22,25)/t13-/m1/s1. The van der Waals surface area contributed by atoms with Crippen LogP contribution in [0.25, 0.3) is 0 Å². The van der Waals surface area contributed by atoms with Crippen molar-refractivity contribution < 1.29 is 19.2 Å². The Labute approximate surface area is 165 Å². The molecule has 1 aromatic heterocycles. The summed E-state index contributed by atoms with van der Waals surface area (Å²) in [4.78, 5) is 38.8. The first kappa shape index (κ1) is 19.7. The van der Waals surface area contributed by atoms with Crippen LogP contribution in [0.4, 0.5) is 11.4 Å². The van der Waals surface area contributed by atoms with Crippen LogP contribution in [0.1, 0.15) is 22.8 Å². The van der Waals surface area contributed by atoms with E-state index in [0.717, 1.165) is 5.56 Å². The monoisotopic (exact) mass is 395 g/mol. The van der Waals surface area contributed by atoms with Crippen LogP contribution in [-0.4, -0.2) is 37.7 Å². The number of nitrogens with one attached hydrogen (secondary N) is 1. The first-order valence-corrected chi connectivity index (χ1v) is 8.60. The van der Waals surface area contributed by atoms with Gasteiger partial charge < -0.3 is 10.1 Å². The molecular formula is C19H17N5O5. The van der Waals surface area contributed by atoms with E-state index in [4.69, 9.17) is 4.74 Å². The summed E-state index contributed by atoms with van der Waals surface area (Å²) in [5.41, 5.74) is 0.970. The van der Waals surface area contributed by atoms with Crippen molar-refractivity contribution in [3.05, 3.63) is 82.4 Å². The van der Waals surface area contributed by atoms with Crippen LogP contribution in [-0.2, 0) is 16.1 Å². The lowest BCUT2D eigenvalue weighted by molar-refractivity contribution is -0.383. The molecule has 2 aromatic carbocycles. The van der Waals surface area contributed by atoms with Crippen LogP contribution in [0.5, 0.6) is 0 Å². The number of nitrogens with zero attached hydrogens (tertiary/aromatic N) is 4. The van der Waals surface area contributed by atoms with Gasteiger partial charge in [-0.3, -0.25) is 14.9 Å². The average molecular weight is 395 g/mol. The van der Waals surface area contributed by atoms with Gasteiger partial charge in [-0.1, -0.05) is 24.3 Å². The van der Waals surface area contributed by atoms with Crippen molar-refractivity contribution in [2.24, 2.45) is 0 Å². The number of carbonyl (C=O) groups is 2. The third kappa shape index (κ3) is 5.01. The molecule has 10 nitrogen and oxygen atoms in total. The van der Waals surface area contributed by atoms with Crippen LogP contribution >= 0.6 is 0 Å². The summed E-state index contributed by atoms with van der Waals surface area (Å²) in [6.45, 7) is 1.89. The minimum Gasteiger partial charge on any atom is -0.449 e. The third-order valence-corrected chi connectivity index (χ3v) is 4.01. The first-order chi connectivity index (χ1) is 13.9. The van der Waals surface area contributed by atoms with E-state index in [1.165, 1.54) is 31.5 Å². The Kier molecular flexibility index (Phi) is 5.93. The predicted octanol–water partition coefficient (Wildman–Crippen LogP) is 2.42. The van der Waals surface area contributed by atoms with Gasteiger partial charge in [-0.05, 0) is 30.7 Å². The Morgan fingerprint density at radius 1 is 1.21 bits per heavy atom. The zero-order valence-electron chi connectivity index (χ0n) is 15.4. The maximum atomic E-state index is 12.3. The molecule has 0 spiro atoms. The van der Waals surface area contributed by atoms with Crippen molar-refractivity contribution in [2.45, 2.75) is 19.6 Å². The Morgan fingerprint density at radius 2 is 1.93 bits per heavy atom. The maximum absolute atomic E-state index is 12.3. The zero-order valence-corrected chi connectivity index (χ0v) is 15.4. The second kappa shape index (κ2) is 8.74. The van der Waals surface area contributed by atoms with Crippen molar-refractivity contribution in [3.8, 4) is 0 Å². The van der Waals surface area contributed by atoms with Crippen LogP contribution < -0.4 is 5.32 Å². The van der Waals surface area contributed by atoms with Gasteiger partial charge in [0.15, 0.2) is 6.10 Å². The number of nitro groups is 1. The predicted molar refractivity (Wildman–Crippen MR) is 102 cm³/mol. The number of aromatic nitrogens is 3. The fourth-order valence-electron chi connectivity index (χ4n) is 2.50. The number of rotatable bonds is 7. The second-order valence-electron chi connectivity index (χ2n) is 6.10. The van der Waals surface area contributed by atoms with Gasteiger partial charge in [-0.2, -0.15) is 5.10 Å². The highest BCUT2D eigenvalue weighted by Gasteiger charge is 2.22. The normalized spacial score (nSPS) is 11.5. The molecular weight excluding hydrogens is 378 g/mol. The molecule has 1 heterocycles. The minimum absolute atomic E-state index is 0.0304. The summed E-state index contributed by atoms with van der Waals surface area (Å²) >= 11 is 0. The van der Waals surface area contributed by atoms with Gasteiger partial charge in [0.1, 0.15) is 18.3 Å². The number of ether oxygens (including phenoxy) is 1. The molecule has 0 saturated carbocycles. The molecule has 0 saturated heterocycles. The summed E-state index contributed by atoms with van der Waals surface area (Å²) in [7, 11) is 0. The summed E-state index contributed by atoms with van der Waals surface area (Å²) in [5, 5.41) is 17.4. The Hall–Kier alpha value is -4.08. The molecule has 1 amide bonds. The highest BCUT2D eigenvalue weighted by atomic mass is 16.6. The van der Waals surface area contributed by atoms with Gasteiger partial charge in [0.05, 0.1) is 17.0 Å². The van der Waals surface area contributed by atoms with E-state index in [-0.39, 0.29) is 16.9 Å². The molecule has 1 atom stereocenters. The van der Waals surface area contributed by atoms with Crippen molar-refractivity contribution in [3.63, 3.8) is 0 Å². The van der Waals surface area contributed by atoms with Crippen LogP contribution in [0.15, 0.2) is 61.2 Å². The third-order valence-electron chi connectivity index (χ3n) is 4.01. The molecule has 0 fully saturated rings. The molecule has 0 unspecified atom stereocenters. The maximum Gasteiger partial charge on any atom is 0.338 e. The van der Waals surface area contributed by atoms with Crippen molar-refractivity contribution in [2.75, 3.05) is 5.32 Å². The van der Waals surface area contributed by atoms with E-state index in [0.29, 0.717) is 6.54 Å². The fourth-order valence-corrected chi connectivity index (χ4v) is 2.50. The summed E-state index contributed by atoms with van der Waals surface area (Å²) in [6.07, 6.45) is 1.87. The number of carbonyl (C=O) groups excluding carboxylic acids is 2. The van der Waals surface area contributed by atoms with Crippen LogP contribution in [0.3, 0.4) is 0 Å². The SMILES string of the molecule is C[C@@H](OC(=O)c1ccc(Cn2cncn2)cc1)C(=O)Nc1ccccc1[N+](=O)[O-]. The summed E-state index contributed by atoms with van der Waals surface area (Å²) < 4.78 is 6.81. The largest absolute Gasteiger partial charge is 0.449 e. The fraction of sp³-hybridized carbons (Fsp3) is 0.158. The lowest BCUT2D eigenvalue weighted by atomic mass is 10.1. The second-order valence-corrected chi connectivity index (χ2v) is 6.10. The molecule has 0 radical (unpaired) electrons. The number of amides is 1. The Morgan fingerprint density at radius 3 is 2.59 bits per heavy atom. The molecule has 3 rings (SSSR count). The van der Waals surface area contributed by atoms with E-state index < -0.39 is 22.9 Å². The lowest BCUT2D eigenvalue weighted by Crippen LogP contribution is -2.30. The molecule has 0 aliphatic rings.